The summed E-state index contributed by atoms with van der Waals surface area (Å²) in [7, 11) is -11.2. The number of hydrogen-bond donors (Lipinski definition) is 2. The Morgan fingerprint density at radius 2 is 1.57 bits per heavy atom. The third kappa shape index (κ3) is 3.89. The van der Waals surface area contributed by atoms with Gasteiger partial charge in [-0.05, 0) is 24.3 Å². The highest BCUT2D eigenvalue weighted by Crippen LogP contribution is 2.16. The van der Waals surface area contributed by atoms with E-state index in [-0.39, 0.29) is 15.5 Å². The van der Waals surface area contributed by atoms with Gasteiger partial charge in [0, 0.05) is 5.41 Å². The lowest BCUT2D eigenvalue weighted by atomic mass is 10.4. The van der Waals surface area contributed by atoms with E-state index in [1.54, 1.807) is 0 Å². The Balaban J connectivity index is 2.23. The Hall–Kier alpha value is -1.27. The van der Waals surface area contributed by atoms with Gasteiger partial charge in [-0.25, -0.2) is 35.1 Å². The van der Waals surface area contributed by atoms with Crippen molar-refractivity contribution in [3.8, 4) is 0 Å². The SMILES string of the molecule is NS(=O)(=O)c1ccc(S(=O)(=O)NC2C=CS(=O)(=O)C2)cc1. The van der Waals surface area contributed by atoms with Crippen LogP contribution in [0, 0.1) is 0 Å². The number of hydrogen-bond acceptors (Lipinski definition) is 6. The summed E-state index contributed by atoms with van der Waals surface area (Å²) in [6.45, 7) is 0. The summed E-state index contributed by atoms with van der Waals surface area (Å²) >= 11 is 0. The number of primary sulfonamides is 1. The number of sulfonamides is 2. The molecule has 0 radical (unpaired) electrons. The summed E-state index contributed by atoms with van der Waals surface area (Å²) in [4.78, 5) is -0.405. The molecule has 116 valence electrons. The molecule has 1 aliphatic heterocycles. The van der Waals surface area contributed by atoms with Crippen LogP contribution in [0.5, 0.6) is 0 Å². The number of nitrogens with one attached hydrogen (secondary N) is 1. The monoisotopic (exact) mass is 352 g/mol. The van der Waals surface area contributed by atoms with E-state index in [1.165, 1.54) is 6.08 Å². The maximum Gasteiger partial charge on any atom is 0.241 e. The lowest BCUT2D eigenvalue weighted by molar-refractivity contribution is 0.574. The van der Waals surface area contributed by atoms with Crippen LogP contribution in [0.15, 0.2) is 45.5 Å². The molecule has 1 aromatic rings. The first kappa shape index (κ1) is 16.1. The Morgan fingerprint density at radius 1 is 1.05 bits per heavy atom. The van der Waals surface area contributed by atoms with Crippen molar-refractivity contribution < 1.29 is 25.3 Å². The van der Waals surface area contributed by atoms with Crippen LogP contribution in [-0.2, 0) is 29.9 Å². The first-order chi connectivity index (χ1) is 9.50. The Bertz CT molecular complexity index is 883. The van der Waals surface area contributed by atoms with Gasteiger partial charge in [-0.3, -0.25) is 0 Å². The average molecular weight is 352 g/mol. The average Bonchev–Trinajstić information content (AvgIpc) is 2.67. The van der Waals surface area contributed by atoms with Crippen molar-refractivity contribution in [2.24, 2.45) is 5.14 Å². The van der Waals surface area contributed by atoms with E-state index >= 15 is 0 Å². The molecule has 3 N–H and O–H groups in total. The van der Waals surface area contributed by atoms with E-state index in [0.29, 0.717) is 0 Å². The van der Waals surface area contributed by atoms with Gasteiger partial charge in [-0.15, -0.1) is 0 Å². The van der Waals surface area contributed by atoms with Gasteiger partial charge in [0.05, 0.1) is 21.6 Å². The summed E-state index contributed by atoms with van der Waals surface area (Å²) in [5, 5.41) is 5.86. The van der Waals surface area contributed by atoms with Crippen molar-refractivity contribution in [2.45, 2.75) is 15.8 Å². The predicted octanol–water partition coefficient (Wildman–Crippen LogP) is -1.08. The molecule has 0 spiro atoms. The first-order valence-electron chi connectivity index (χ1n) is 5.56. The molecule has 0 aromatic heterocycles. The third-order valence-electron chi connectivity index (χ3n) is 2.70. The number of benzene rings is 1. The fourth-order valence-corrected chi connectivity index (χ4v) is 4.77. The summed E-state index contributed by atoms with van der Waals surface area (Å²) in [5.41, 5.74) is 0. The van der Waals surface area contributed by atoms with E-state index in [0.717, 1.165) is 29.7 Å². The molecule has 1 heterocycles. The normalized spacial score (nSPS) is 21.5. The van der Waals surface area contributed by atoms with Gasteiger partial charge in [0.2, 0.25) is 20.0 Å². The maximum atomic E-state index is 12.0. The molecule has 8 nitrogen and oxygen atoms in total. The summed E-state index contributed by atoms with van der Waals surface area (Å²) in [6, 6.07) is 3.43. The highest BCUT2D eigenvalue weighted by molar-refractivity contribution is 7.94. The molecule has 11 heteroatoms. The zero-order valence-corrected chi connectivity index (χ0v) is 12.9. The second kappa shape index (κ2) is 5.18. The molecule has 1 aromatic carbocycles. The van der Waals surface area contributed by atoms with Crippen molar-refractivity contribution >= 4 is 29.9 Å². The first-order valence-corrected chi connectivity index (χ1v) is 10.3. The minimum absolute atomic E-state index is 0.187. The van der Waals surface area contributed by atoms with Crippen LogP contribution in [0.25, 0.3) is 0 Å². The summed E-state index contributed by atoms with van der Waals surface area (Å²) in [6.07, 6.45) is 1.24. The second-order valence-electron chi connectivity index (χ2n) is 4.40. The van der Waals surface area contributed by atoms with Crippen LogP contribution >= 0.6 is 0 Å². The van der Waals surface area contributed by atoms with Gasteiger partial charge in [0.15, 0.2) is 9.84 Å². The van der Waals surface area contributed by atoms with Crippen molar-refractivity contribution in [3.05, 3.63) is 35.7 Å². The number of nitrogens with two attached hydrogens (primary N) is 1. The molecule has 1 aliphatic rings. The van der Waals surface area contributed by atoms with Gasteiger partial charge >= 0.3 is 0 Å². The van der Waals surface area contributed by atoms with Crippen LogP contribution in [0.3, 0.4) is 0 Å². The Morgan fingerprint density at radius 3 is 2.00 bits per heavy atom. The fraction of sp³-hybridized carbons (Fsp3) is 0.200. The smallest absolute Gasteiger partial charge is 0.225 e. The predicted molar refractivity (Wildman–Crippen MR) is 74.9 cm³/mol. The van der Waals surface area contributed by atoms with Gasteiger partial charge < -0.3 is 0 Å². The van der Waals surface area contributed by atoms with E-state index in [1.807, 2.05) is 0 Å². The molecule has 2 rings (SSSR count). The highest BCUT2D eigenvalue weighted by Gasteiger charge is 2.26. The van der Waals surface area contributed by atoms with Crippen molar-refractivity contribution in [2.75, 3.05) is 5.75 Å². The zero-order valence-electron chi connectivity index (χ0n) is 10.5. The largest absolute Gasteiger partial charge is 0.241 e. The number of sulfone groups is 1. The van der Waals surface area contributed by atoms with Crippen LogP contribution in [0.4, 0.5) is 0 Å². The van der Waals surface area contributed by atoms with E-state index in [4.69, 9.17) is 5.14 Å². The fourth-order valence-electron chi connectivity index (χ4n) is 1.73. The van der Waals surface area contributed by atoms with Gasteiger partial charge in [0.1, 0.15) is 0 Å². The Labute approximate surface area is 122 Å². The molecule has 0 bridgehead atoms. The minimum atomic E-state index is -3.96. The van der Waals surface area contributed by atoms with Crippen molar-refractivity contribution in [1.82, 2.24) is 4.72 Å². The van der Waals surface area contributed by atoms with Crippen LogP contribution in [-0.4, -0.2) is 37.0 Å². The van der Waals surface area contributed by atoms with Gasteiger partial charge in [-0.1, -0.05) is 6.08 Å². The van der Waals surface area contributed by atoms with E-state index in [9.17, 15) is 25.3 Å². The Kier molecular flexibility index (Phi) is 3.97. The van der Waals surface area contributed by atoms with Crippen molar-refractivity contribution in [1.29, 1.82) is 0 Å². The maximum absolute atomic E-state index is 12.0. The lowest BCUT2D eigenvalue weighted by Crippen LogP contribution is -2.35. The molecule has 1 unspecified atom stereocenters. The zero-order chi connectivity index (χ0) is 15.9. The highest BCUT2D eigenvalue weighted by atomic mass is 32.2. The lowest BCUT2D eigenvalue weighted by Gasteiger charge is -2.11. The molecule has 0 aliphatic carbocycles. The van der Waals surface area contributed by atoms with E-state index < -0.39 is 35.9 Å². The topological polar surface area (TPSA) is 140 Å². The second-order valence-corrected chi connectivity index (χ2v) is 9.61. The minimum Gasteiger partial charge on any atom is -0.225 e. The van der Waals surface area contributed by atoms with Gasteiger partial charge in [-0.2, -0.15) is 0 Å². The van der Waals surface area contributed by atoms with Crippen LogP contribution < -0.4 is 9.86 Å². The van der Waals surface area contributed by atoms with Gasteiger partial charge in [0.25, 0.3) is 0 Å². The molecule has 21 heavy (non-hydrogen) atoms. The van der Waals surface area contributed by atoms with Crippen molar-refractivity contribution in [3.63, 3.8) is 0 Å². The molecule has 0 saturated heterocycles. The standard InChI is InChI=1S/C10H12N2O6S3/c11-20(15,16)9-1-3-10(4-2-9)21(17,18)12-8-5-6-19(13,14)7-8/h1-6,8,12H,7H2,(H2,11,15,16). The van der Waals surface area contributed by atoms with E-state index in [2.05, 4.69) is 4.72 Å². The molecule has 0 saturated carbocycles. The van der Waals surface area contributed by atoms with Crippen LogP contribution in [0.1, 0.15) is 0 Å². The quantitative estimate of drug-likeness (QED) is 0.706. The molecular formula is C10H12N2O6S3. The molecule has 1 atom stereocenters. The molecule has 0 amide bonds. The number of rotatable bonds is 4. The molecule has 0 fully saturated rings. The summed E-state index contributed by atoms with van der Waals surface area (Å²) < 4.78 is 70.9. The molecular weight excluding hydrogens is 340 g/mol. The van der Waals surface area contributed by atoms with Crippen LogP contribution in [0.2, 0.25) is 0 Å². The third-order valence-corrected chi connectivity index (χ3v) is 6.53. The summed E-state index contributed by atoms with van der Waals surface area (Å²) in [5.74, 6) is -0.346.